The largest absolute Gasteiger partial charge is 0.345 e. The van der Waals surface area contributed by atoms with Crippen molar-refractivity contribution < 1.29 is 9.59 Å². The molecule has 0 bridgehead atoms. The highest BCUT2D eigenvalue weighted by atomic mass is 32.2. The number of hydrogen-bond donors (Lipinski definition) is 1. The zero-order chi connectivity index (χ0) is 20.4. The minimum atomic E-state index is -0.188. The van der Waals surface area contributed by atoms with Gasteiger partial charge in [0.2, 0.25) is 11.1 Å². The van der Waals surface area contributed by atoms with Gasteiger partial charge in [0.25, 0.3) is 11.7 Å². The molecule has 0 saturated heterocycles. The molecule has 1 aromatic carbocycles. The fourth-order valence-corrected chi connectivity index (χ4v) is 3.22. The number of carbonyl (C=O) groups is 2. The molecule has 0 radical (unpaired) electrons. The lowest BCUT2D eigenvalue weighted by Gasteiger charge is -2.13. The van der Waals surface area contributed by atoms with Crippen LogP contribution in [0.15, 0.2) is 29.4 Å². The molecular weight excluding hydrogens is 376 g/mol. The normalized spacial score (nSPS) is 10.9. The Labute approximate surface area is 167 Å². The SMILES string of the molecule is CSc1nc2nc(C)c(CC(=O)Nc3cccc(C(=O)N(C)C)c3)c(C)n2n1. The number of amides is 2. The second-order valence-corrected chi connectivity index (χ2v) is 7.35. The predicted octanol–water partition coefficient (Wildman–Crippen LogP) is 2.35. The van der Waals surface area contributed by atoms with E-state index in [1.807, 2.05) is 20.1 Å². The van der Waals surface area contributed by atoms with E-state index in [1.165, 1.54) is 16.7 Å². The molecule has 9 heteroatoms. The van der Waals surface area contributed by atoms with Crippen LogP contribution in [0.2, 0.25) is 0 Å². The smallest absolute Gasteiger partial charge is 0.253 e. The molecule has 2 aromatic heterocycles. The minimum absolute atomic E-state index is 0.117. The topological polar surface area (TPSA) is 92.5 Å². The van der Waals surface area contributed by atoms with Gasteiger partial charge in [-0.05, 0) is 38.3 Å². The van der Waals surface area contributed by atoms with Gasteiger partial charge in [-0.2, -0.15) is 4.98 Å². The van der Waals surface area contributed by atoms with E-state index in [1.54, 1.807) is 42.9 Å². The number of hydrogen-bond acceptors (Lipinski definition) is 6. The third kappa shape index (κ3) is 3.99. The number of nitrogens with one attached hydrogen (secondary N) is 1. The van der Waals surface area contributed by atoms with Gasteiger partial charge in [0.15, 0.2) is 0 Å². The zero-order valence-electron chi connectivity index (χ0n) is 16.5. The van der Waals surface area contributed by atoms with E-state index in [0.29, 0.717) is 22.2 Å². The molecule has 3 aromatic rings. The molecule has 3 rings (SSSR count). The monoisotopic (exact) mass is 398 g/mol. The molecule has 0 aliphatic heterocycles. The molecule has 0 saturated carbocycles. The van der Waals surface area contributed by atoms with Crippen molar-refractivity contribution in [1.82, 2.24) is 24.5 Å². The third-order valence-corrected chi connectivity index (χ3v) is 4.89. The van der Waals surface area contributed by atoms with E-state index in [4.69, 9.17) is 0 Å². The maximum atomic E-state index is 12.6. The summed E-state index contributed by atoms with van der Waals surface area (Å²) in [6, 6.07) is 6.89. The second-order valence-electron chi connectivity index (χ2n) is 6.58. The van der Waals surface area contributed by atoms with E-state index in [2.05, 4.69) is 20.4 Å². The van der Waals surface area contributed by atoms with Gasteiger partial charge in [-0.3, -0.25) is 9.59 Å². The summed E-state index contributed by atoms with van der Waals surface area (Å²) < 4.78 is 1.66. The Morgan fingerprint density at radius 3 is 2.64 bits per heavy atom. The Morgan fingerprint density at radius 1 is 1.21 bits per heavy atom. The van der Waals surface area contributed by atoms with Crippen LogP contribution in [0.5, 0.6) is 0 Å². The van der Waals surface area contributed by atoms with Crippen molar-refractivity contribution in [3.05, 3.63) is 46.8 Å². The number of aryl methyl sites for hydroxylation is 2. The van der Waals surface area contributed by atoms with E-state index in [9.17, 15) is 9.59 Å². The Balaban J connectivity index is 1.82. The first-order valence-electron chi connectivity index (χ1n) is 8.68. The van der Waals surface area contributed by atoms with E-state index >= 15 is 0 Å². The van der Waals surface area contributed by atoms with Crippen LogP contribution in [0.25, 0.3) is 5.78 Å². The highest BCUT2D eigenvalue weighted by molar-refractivity contribution is 7.98. The molecule has 0 fully saturated rings. The van der Waals surface area contributed by atoms with Crippen LogP contribution in [0.1, 0.15) is 27.3 Å². The predicted molar refractivity (Wildman–Crippen MR) is 109 cm³/mol. The number of thioether (sulfide) groups is 1. The van der Waals surface area contributed by atoms with Crippen molar-refractivity contribution in [3.63, 3.8) is 0 Å². The summed E-state index contributed by atoms with van der Waals surface area (Å²) in [4.78, 5) is 35.0. The zero-order valence-corrected chi connectivity index (χ0v) is 17.3. The molecule has 0 aliphatic rings. The molecule has 146 valence electrons. The summed E-state index contributed by atoms with van der Waals surface area (Å²) in [5.41, 5.74) is 3.49. The van der Waals surface area contributed by atoms with Gasteiger partial charge in [0, 0.05) is 42.3 Å². The fourth-order valence-electron chi connectivity index (χ4n) is 2.89. The van der Waals surface area contributed by atoms with Gasteiger partial charge in [-0.1, -0.05) is 17.8 Å². The highest BCUT2D eigenvalue weighted by Gasteiger charge is 2.16. The van der Waals surface area contributed by atoms with Crippen LogP contribution in [0.4, 0.5) is 5.69 Å². The lowest BCUT2D eigenvalue weighted by atomic mass is 10.1. The van der Waals surface area contributed by atoms with Crippen LogP contribution >= 0.6 is 11.8 Å². The van der Waals surface area contributed by atoms with Crippen LogP contribution in [-0.4, -0.2) is 56.6 Å². The molecule has 0 atom stereocenters. The van der Waals surface area contributed by atoms with Crippen LogP contribution in [-0.2, 0) is 11.2 Å². The van der Waals surface area contributed by atoms with Crippen molar-refractivity contribution >= 4 is 35.0 Å². The minimum Gasteiger partial charge on any atom is -0.345 e. The van der Waals surface area contributed by atoms with Gasteiger partial charge in [0.05, 0.1) is 6.42 Å². The molecule has 0 unspecified atom stereocenters. The standard InChI is InChI=1S/C19H22N6O2S/c1-11-15(12(2)25-18(20-11)22-19(23-25)28-5)10-16(26)21-14-8-6-7-13(9-14)17(27)24(3)4/h6-9H,10H2,1-5H3,(H,21,26). The van der Waals surface area contributed by atoms with Crippen LogP contribution in [0, 0.1) is 13.8 Å². The van der Waals surface area contributed by atoms with Crippen LogP contribution < -0.4 is 5.32 Å². The molecule has 0 aliphatic carbocycles. The third-order valence-electron chi connectivity index (χ3n) is 4.35. The summed E-state index contributed by atoms with van der Waals surface area (Å²) >= 11 is 1.44. The molecule has 0 spiro atoms. The average Bonchev–Trinajstić information content (AvgIpc) is 3.08. The first kappa shape index (κ1) is 19.8. The van der Waals surface area contributed by atoms with E-state index in [0.717, 1.165) is 17.0 Å². The van der Waals surface area contributed by atoms with Gasteiger partial charge >= 0.3 is 0 Å². The lowest BCUT2D eigenvalue weighted by Crippen LogP contribution is -2.22. The Hall–Kier alpha value is -2.94. The summed E-state index contributed by atoms with van der Waals surface area (Å²) in [7, 11) is 3.38. The molecule has 1 N–H and O–H groups in total. The summed E-state index contributed by atoms with van der Waals surface area (Å²) in [5.74, 6) is 0.221. The van der Waals surface area contributed by atoms with Crippen molar-refractivity contribution in [2.24, 2.45) is 0 Å². The highest BCUT2D eigenvalue weighted by Crippen LogP contribution is 2.18. The molecule has 2 heterocycles. The summed E-state index contributed by atoms with van der Waals surface area (Å²) in [5, 5.41) is 7.90. The summed E-state index contributed by atoms with van der Waals surface area (Å²) in [6.07, 6.45) is 2.06. The van der Waals surface area contributed by atoms with Gasteiger partial charge in [-0.15, -0.1) is 5.10 Å². The fraction of sp³-hybridized carbons (Fsp3) is 0.316. The number of anilines is 1. The number of rotatable bonds is 5. The van der Waals surface area contributed by atoms with Crippen LogP contribution in [0.3, 0.4) is 0 Å². The Kier molecular flexibility index (Phi) is 5.64. The Morgan fingerprint density at radius 2 is 1.96 bits per heavy atom. The van der Waals surface area contributed by atoms with Gasteiger partial charge < -0.3 is 10.2 Å². The Bertz CT molecular complexity index is 1060. The number of benzene rings is 1. The van der Waals surface area contributed by atoms with Gasteiger partial charge in [-0.25, -0.2) is 9.50 Å². The average molecular weight is 398 g/mol. The number of carbonyl (C=O) groups excluding carboxylic acids is 2. The lowest BCUT2D eigenvalue weighted by molar-refractivity contribution is -0.115. The maximum Gasteiger partial charge on any atom is 0.253 e. The summed E-state index contributed by atoms with van der Waals surface area (Å²) in [6.45, 7) is 3.76. The van der Waals surface area contributed by atoms with Crippen molar-refractivity contribution in [2.75, 3.05) is 25.7 Å². The van der Waals surface area contributed by atoms with Crippen molar-refractivity contribution in [1.29, 1.82) is 0 Å². The second kappa shape index (κ2) is 7.97. The molecule has 8 nitrogen and oxygen atoms in total. The quantitative estimate of drug-likeness (QED) is 0.663. The van der Waals surface area contributed by atoms with Crippen molar-refractivity contribution in [2.45, 2.75) is 25.4 Å². The molecular formula is C19H22N6O2S. The molecule has 2 amide bonds. The number of fused-ring (bicyclic) bond motifs is 1. The number of aromatic nitrogens is 4. The molecule has 28 heavy (non-hydrogen) atoms. The first-order chi connectivity index (χ1) is 13.3. The van der Waals surface area contributed by atoms with Gasteiger partial charge in [0.1, 0.15) is 0 Å². The maximum absolute atomic E-state index is 12.6. The van der Waals surface area contributed by atoms with E-state index in [-0.39, 0.29) is 18.2 Å². The van der Waals surface area contributed by atoms with Crippen molar-refractivity contribution in [3.8, 4) is 0 Å². The first-order valence-corrected chi connectivity index (χ1v) is 9.91. The number of nitrogens with zero attached hydrogens (tertiary/aromatic N) is 5. The van der Waals surface area contributed by atoms with E-state index < -0.39 is 0 Å².